The number of sulfone groups is 1. The van der Waals surface area contributed by atoms with Gasteiger partial charge in [0.2, 0.25) is 5.91 Å². The van der Waals surface area contributed by atoms with Gasteiger partial charge in [0, 0.05) is 0 Å². The Morgan fingerprint density at radius 3 is 2.54 bits per heavy atom. The van der Waals surface area contributed by atoms with E-state index in [2.05, 4.69) is 5.32 Å². The highest BCUT2D eigenvalue weighted by Gasteiger charge is 2.36. The van der Waals surface area contributed by atoms with Crippen LogP contribution in [0.4, 0.5) is 0 Å². The Kier molecular flexibility index (Phi) is 5.27. The zero-order valence-corrected chi connectivity index (χ0v) is 15.0. The maximum Gasteiger partial charge on any atom is 0.305 e. The molecule has 1 fully saturated rings. The molecular formula is C19H21NO5S. The van der Waals surface area contributed by atoms with Gasteiger partial charge in [-0.05, 0) is 35.2 Å². The molecule has 0 bridgehead atoms. The molecule has 0 saturated carbocycles. The summed E-state index contributed by atoms with van der Waals surface area (Å²) in [5.41, 5.74) is 0.646. The molecule has 0 radical (unpaired) electrons. The Morgan fingerprint density at radius 2 is 1.85 bits per heavy atom. The largest absolute Gasteiger partial charge is 0.481 e. The average Bonchev–Trinajstić information content (AvgIpc) is 2.60. The van der Waals surface area contributed by atoms with Crippen LogP contribution in [-0.4, -0.2) is 36.4 Å². The van der Waals surface area contributed by atoms with Crippen LogP contribution in [0.3, 0.4) is 0 Å². The van der Waals surface area contributed by atoms with Crippen molar-refractivity contribution in [2.75, 3.05) is 5.75 Å². The SMILES string of the molecule is O=C(O)C[C@H](NC(=O)C1CCCCS1(=O)=O)c1ccc2ccccc2c1. The second-order valence-electron chi connectivity index (χ2n) is 6.62. The minimum Gasteiger partial charge on any atom is -0.481 e. The molecule has 1 saturated heterocycles. The summed E-state index contributed by atoms with van der Waals surface area (Å²) >= 11 is 0. The van der Waals surface area contributed by atoms with E-state index < -0.39 is 33.0 Å². The molecule has 1 aliphatic heterocycles. The van der Waals surface area contributed by atoms with Crippen LogP contribution in [0.25, 0.3) is 10.8 Å². The van der Waals surface area contributed by atoms with E-state index in [1.807, 2.05) is 36.4 Å². The highest BCUT2D eigenvalue weighted by Crippen LogP contribution is 2.25. The number of hydrogen-bond acceptors (Lipinski definition) is 4. The molecule has 0 aliphatic carbocycles. The first kappa shape index (κ1) is 18.4. The van der Waals surface area contributed by atoms with Crippen molar-refractivity contribution >= 4 is 32.5 Å². The van der Waals surface area contributed by atoms with E-state index in [1.165, 1.54) is 0 Å². The van der Waals surface area contributed by atoms with Crippen molar-refractivity contribution in [1.82, 2.24) is 5.32 Å². The second kappa shape index (κ2) is 7.45. The van der Waals surface area contributed by atoms with Crippen molar-refractivity contribution in [3.05, 3.63) is 48.0 Å². The van der Waals surface area contributed by atoms with Crippen LogP contribution in [0.5, 0.6) is 0 Å². The van der Waals surface area contributed by atoms with Crippen LogP contribution in [0.15, 0.2) is 42.5 Å². The van der Waals surface area contributed by atoms with Crippen LogP contribution in [0.1, 0.15) is 37.3 Å². The van der Waals surface area contributed by atoms with E-state index in [0.717, 1.165) is 10.8 Å². The lowest BCUT2D eigenvalue weighted by molar-refractivity contribution is -0.137. The zero-order valence-electron chi connectivity index (χ0n) is 14.2. The van der Waals surface area contributed by atoms with Gasteiger partial charge in [-0.3, -0.25) is 9.59 Å². The number of rotatable bonds is 5. The summed E-state index contributed by atoms with van der Waals surface area (Å²) in [6.45, 7) is 0. The van der Waals surface area contributed by atoms with Gasteiger partial charge in [0.1, 0.15) is 5.25 Å². The standard InChI is InChI=1S/C19H21NO5S/c21-18(22)12-16(15-9-8-13-5-1-2-6-14(13)11-15)20-19(23)17-7-3-4-10-26(17,24)25/h1-2,5-6,8-9,11,16-17H,3-4,7,10,12H2,(H,20,23)(H,21,22)/t16-,17?/m0/s1. The Hall–Kier alpha value is -2.41. The number of carbonyl (C=O) groups is 2. The van der Waals surface area contributed by atoms with Crippen LogP contribution in [0, 0.1) is 0 Å². The van der Waals surface area contributed by atoms with Crippen LogP contribution < -0.4 is 5.32 Å². The normalized spacial score (nSPS) is 20.4. The van der Waals surface area contributed by atoms with E-state index in [-0.39, 0.29) is 18.6 Å². The lowest BCUT2D eigenvalue weighted by Gasteiger charge is -2.25. The molecule has 2 atom stereocenters. The summed E-state index contributed by atoms with van der Waals surface area (Å²) in [5, 5.41) is 12.7. The molecular weight excluding hydrogens is 354 g/mol. The van der Waals surface area contributed by atoms with Gasteiger partial charge in [-0.15, -0.1) is 0 Å². The maximum absolute atomic E-state index is 12.6. The number of amides is 1. The Morgan fingerprint density at radius 1 is 1.12 bits per heavy atom. The number of fused-ring (bicyclic) bond motifs is 1. The molecule has 1 amide bonds. The second-order valence-corrected chi connectivity index (χ2v) is 8.92. The van der Waals surface area contributed by atoms with Gasteiger partial charge in [-0.25, -0.2) is 8.42 Å². The maximum atomic E-state index is 12.6. The molecule has 1 heterocycles. The lowest BCUT2D eigenvalue weighted by atomic mass is 9.99. The predicted molar refractivity (Wildman–Crippen MR) is 98.5 cm³/mol. The molecule has 3 rings (SSSR count). The van der Waals surface area contributed by atoms with E-state index in [0.29, 0.717) is 18.4 Å². The number of carboxylic acids is 1. The number of aliphatic carboxylic acids is 1. The first-order chi connectivity index (χ1) is 12.4. The highest BCUT2D eigenvalue weighted by molar-refractivity contribution is 7.92. The molecule has 7 heteroatoms. The van der Waals surface area contributed by atoms with Crippen molar-refractivity contribution in [1.29, 1.82) is 0 Å². The van der Waals surface area contributed by atoms with E-state index in [1.54, 1.807) is 6.07 Å². The zero-order chi connectivity index (χ0) is 18.7. The van der Waals surface area contributed by atoms with Gasteiger partial charge in [0.05, 0.1) is 18.2 Å². The molecule has 6 nitrogen and oxygen atoms in total. The molecule has 1 aliphatic rings. The third-order valence-electron chi connectivity index (χ3n) is 4.74. The number of carboxylic acid groups (broad SMARTS) is 1. The smallest absolute Gasteiger partial charge is 0.305 e. The summed E-state index contributed by atoms with van der Waals surface area (Å²) in [6, 6.07) is 12.3. The van der Waals surface area contributed by atoms with E-state index in [9.17, 15) is 23.1 Å². The van der Waals surface area contributed by atoms with Crippen molar-refractivity contribution in [3.8, 4) is 0 Å². The van der Waals surface area contributed by atoms with Crippen molar-refractivity contribution < 1.29 is 23.1 Å². The van der Waals surface area contributed by atoms with Gasteiger partial charge < -0.3 is 10.4 Å². The number of carbonyl (C=O) groups excluding carboxylic acids is 1. The third-order valence-corrected chi connectivity index (χ3v) is 6.92. The minimum atomic E-state index is -3.47. The van der Waals surface area contributed by atoms with Gasteiger partial charge in [0.15, 0.2) is 9.84 Å². The Balaban J connectivity index is 1.87. The van der Waals surface area contributed by atoms with Gasteiger partial charge in [-0.2, -0.15) is 0 Å². The third kappa shape index (κ3) is 4.04. The van der Waals surface area contributed by atoms with Crippen LogP contribution in [0.2, 0.25) is 0 Å². The topological polar surface area (TPSA) is 101 Å². The molecule has 0 spiro atoms. The average molecular weight is 375 g/mol. The Bertz CT molecular complexity index is 938. The van der Waals surface area contributed by atoms with Crippen molar-refractivity contribution in [2.45, 2.75) is 37.0 Å². The van der Waals surface area contributed by atoms with Crippen molar-refractivity contribution in [3.63, 3.8) is 0 Å². The molecule has 26 heavy (non-hydrogen) atoms. The summed E-state index contributed by atoms with van der Waals surface area (Å²) < 4.78 is 24.3. The fraction of sp³-hybridized carbons (Fsp3) is 0.368. The summed E-state index contributed by atoms with van der Waals surface area (Å²) in [5.74, 6) is -1.66. The predicted octanol–water partition coefficient (Wildman–Crippen LogP) is 2.44. The fourth-order valence-electron chi connectivity index (χ4n) is 3.37. The van der Waals surface area contributed by atoms with Crippen LogP contribution >= 0.6 is 0 Å². The fourth-order valence-corrected chi connectivity index (χ4v) is 5.18. The molecule has 2 aromatic carbocycles. The van der Waals surface area contributed by atoms with Gasteiger partial charge in [-0.1, -0.05) is 42.8 Å². The van der Waals surface area contributed by atoms with Crippen LogP contribution in [-0.2, 0) is 19.4 Å². The summed E-state index contributed by atoms with van der Waals surface area (Å²) in [6.07, 6.45) is 1.22. The molecule has 2 N–H and O–H groups in total. The van der Waals surface area contributed by atoms with E-state index >= 15 is 0 Å². The minimum absolute atomic E-state index is 0.00462. The van der Waals surface area contributed by atoms with Crippen molar-refractivity contribution in [2.24, 2.45) is 0 Å². The first-order valence-corrected chi connectivity index (χ1v) is 10.3. The number of nitrogens with one attached hydrogen (secondary N) is 1. The molecule has 2 aromatic rings. The lowest BCUT2D eigenvalue weighted by Crippen LogP contribution is -2.44. The molecule has 1 unspecified atom stereocenters. The molecule has 0 aromatic heterocycles. The van der Waals surface area contributed by atoms with Gasteiger partial charge in [0.25, 0.3) is 0 Å². The monoisotopic (exact) mass is 375 g/mol. The molecule has 138 valence electrons. The Labute approximate surface area is 152 Å². The van der Waals surface area contributed by atoms with Gasteiger partial charge >= 0.3 is 5.97 Å². The number of hydrogen-bond donors (Lipinski definition) is 2. The highest BCUT2D eigenvalue weighted by atomic mass is 32.2. The van der Waals surface area contributed by atoms with E-state index in [4.69, 9.17) is 0 Å². The quantitative estimate of drug-likeness (QED) is 0.836. The first-order valence-electron chi connectivity index (χ1n) is 8.59. The summed E-state index contributed by atoms with van der Waals surface area (Å²) in [4.78, 5) is 23.8. The number of benzene rings is 2. The summed E-state index contributed by atoms with van der Waals surface area (Å²) in [7, 11) is -3.47.